The minimum absolute atomic E-state index is 0.471. The van der Waals surface area contributed by atoms with E-state index in [1.165, 1.54) is 12.1 Å². The second-order valence-corrected chi connectivity index (χ2v) is 5.97. The van der Waals surface area contributed by atoms with E-state index in [1.807, 2.05) is 0 Å². The van der Waals surface area contributed by atoms with Crippen LogP contribution in [-0.4, -0.2) is 49.6 Å². The smallest absolute Gasteiger partial charge is 0.0360 e. The van der Waals surface area contributed by atoms with Gasteiger partial charge in [0, 0.05) is 25.2 Å². The van der Waals surface area contributed by atoms with Gasteiger partial charge in [0.1, 0.15) is 0 Å². The molecule has 0 saturated carbocycles. The Morgan fingerprint density at radius 2 is 1.95 bits per heavy atom. The number of likely N-dealkylation sites (tertiary alicyclic amines) is 1. The van der Waals surface area contributed by atoms with Crippen LogP contribution in [0.4, 0.5) is 0 Å². The van der Waals surface area contributed by atoms with Crippen molar-refractivity contribution in [3.63, 3.8) is 0 Å². The fourth-order valence-electron chi connectivity index (χ4n) is 3.31. The topological polar surface area (TPSA) is 32.5 Å². The summed E-state index contributed by atoms with van der Waals surface area (Å²) in [6.07, 6.45) is 1.04. The molecular formula is C16H27N3. The van der Waals surface area contributed by atoms with Gasteiger partial charge in [-0.2, -0.15) is 0 Å². The van der Waals surface area contributed by atoms with Crippen LogP contribution in [0.3, 0.4) is 0 Å². The van der Waals surface area contributed by atoms with Gasteiger partial charge < -0.3 is 10.6 Å². The molecule has 1 aliphatic rings. The number of likely N-dealkylation sites (N-methyl/N-ethyl adjacent to an activating group) is 1. The van der Waals surface area contributed by atoms with Crippen molar-refractivity contribution in [1.82, 2.24) is 9.80 Å². The third kappa shape index (κ3) is 3.35. The van der Waals surface area contributed by atoms with Gasteiger partial charge in [-0.15, -0.1) is 0 Å². The van der Waals surface area contributed by atoms with Crippen LogP contribution < -0.4 is 5.73 Å². The van der Waals surface area contributed by atoms with Crippen molar-refractivity contribution < 1.29 is 0 Å². The Bertz CT molecular complexity index is 377. The van der Waals surface area contributed by atoms with Gasteiger partial charge in [-0.25, -0.2) is 0 Å². The number of benzene rings is 1. The van der Waals surface area contributed by atoms with Crippen molar-refractivity contribution >= 4 is 0 Å². The van der Waals surface area contributed by atoms with Crippen LogP contribution in [0.1, 0.15) is 24.9 Å². The molecule has 3 heteroatoms. The van der Waals surface area contributed by atoms with E-state index in [0.717, 1.165) is 25.4 Å². The summed E-state index contributed by atoms with van der Waals surface area (Å²) in [5.74, 6) is 0.721. The molecule has 1 aliphatic heterocycles. The lowest BCUT2D eigenvalue weighted by Crippen LogP contribution is -2.35. The molecule has 3 unspecified atom stereocenters. The van der Waals surface area contributed by atoms with Gasteiger partial charge in [-0.05, 0) is 38.5 Å². The Kier molecular flexibility index (Phi) is 4.97. The van der Waals surface area contributed by atoms with Crippen LogP contribution in [0.2, 0.25) is 0 Å². The average molecular weight is 261 g/mol. The van der Waals surface area contributed by atoms with Crippen LogP contribution in [0.25, 0.3) is 0 Å². The zero-order valence-corrected chi connectivity index (χ0v) is 12.4. The molecule has 3 atom stereocenters. The van der Waals surface area contributed by atoms with Gasteiger partial charge in [-0.3, -0.25) is 4.90 Å². The third-order valence-corrected chi connectivity index (χ3v) is 4.33. The Morgan fingerprint density at radius 1 is 1.26 bits per heavy atom. The molecule has 1 fully saturated rings. The summed E-state index contributed by atoms with van der Waals surface area (Å²) in [6, 6.07) is 11.9. The highest BCUT2D eigenvalue weighted by atomic mass is 15.3. The van der Waals surface area contributed by atoms with Crippen molar-refractivity contribution in [1.29, 1.82) is 0 Å². The van der Waals surface area contributed by atoms with E-state index in [2.05, 4.69) is 61.2 Å². The van der Waals surface area contributed by atoms with Crippen molar-refractivity contribution in [2.45, 2.75) is 25.4 Å². The summed E-state index contributed by atoms with van der Waals surface area (Å²) in [6.45, 7) is 5.42. The lowest BCUT2D eigenvalue weighted by atomic mass is 10.0. The van der Waals surface area contributed by atoms with Gasteiger partial charge in [0.15, 0.2) is 0 Å². The van der Waals surface area contributed by atoms with E-state index in [1.54, 1.807) is 0 Å². The molecule has 106 valence electrons. The van der Waals surface area contributed by atoms with Crippen molar-refractivity contribution in [2.75, 3.05) is 33.7 Å². The van der Waals surface area contributed by atoms with E-state index < -0.39 is 0 Å². The Balaban J connectivity index is 2.13. The monoisotopic (exact) mass is 261 g/mol. The van der Waals surface area contributed by atoms with Gasteiger partial charge in [0.05, 0.1) is 0 Å². The summed E-state index contributed by atoms with van der Waals surface area (Å²) in [5.41, 5.74) is 7.23. The molecule has 0 amide bonds. The number of rotatable bonds is 5. The molecule has 2 N–H and O–H groups in total. The van der Waals surface area contributed by atoms with Gasteiger partial charge in [0.2, 0.25) is 0 Å². The number of nitrogens with two attached hydrogens (primary N) is 1. The van der Waals surface area contributed by atoms with Crippen molar-refractivity contribution in [3.8, 4) is 0 Å². The highest BCUT2D eigenvalue weighted by Gasteiger charge is 2.34. The summed E-state index contributed by atoms with van der Waals surface area (Å²) in [7, 11) is 4.37. The van der Waals surface area contributed by atoms with Gasteiger partial charge in [0.25, 0.3) is 0 Å². The van der Waals surface area contributed by atoms with Gasteiger partial charge >= 0.3 is 0 Å². The maximum atomic E-state index is 5.83. The van der Waals surface area contributed by atoms with Gasteiger partial charge in [-0.1, -0.05) is 37.3 Å². The molecule has 0 bridgehead atoms. The predicted octanol–water partition coefficient (Wildman–Crippen LogP) is 1.96. The minimum atomic E-state index is 0.471. The SMILES string of the molecule is CC1CN(C(CCN)c2ccccc2)CC1N(C)C. The second-order valence-electron chi connectivity index (χ2n) is 5.97. The first kappa shape index (κ1) is 14.5. The Hall–Kier alpha value is -0.900. The molecule has 0 spiro atoms. The first-order valence-corrected chi connectivity index (χ1v) is 7.29. The summed E-state index contributed by atoms with van der Waals surface area (Å²) in [5, 5.41) is 0. The fourth-order valence-corrected chi connectivity index (χ4v) is 3.31. The fraction of sp³-hybridized carbons (Fsp3) is 0.625. The molecule has 3 nitrogen and oxygen atoms in total. The molecule has 1 aromatic rings. The molecule has 1 saturated heterocycles. The molecule has 19 heavy (non-hydrogen) atoms. The normalized spacial score (nSPS) is 25.9. The molecular weight excluding hydrogens is 234 g/mol. The lowest BCUT2D eigenvalue weighted by Gasteiger charge is -2.29. The zero-order valence-electron chi connectivity index (χ0n) is 12.4. The van der Waals surface area contributed by atoms with Crippen molar-refractivity contribution in [3.05, 3.63) is 35.9 Å². The van der Waals surface area contributed by atoms with E-state index in [4.69, 9.17) is 5.73 Å². The predicted molar refractivity (Wildman–Crippen MR) is 81.1 cm³/mol. The van der Waals surface area contributed by atoms with E-state index in [9.17, 15) is 0 Å². The highest BCUT2D eigenvalue weighted by molar-refractivity contribution is 5.19. The zero-order chi connectivity index (χ0) is 13.8. The van der Waals surface area contributed by atoms with Crippen LogP contribution >= 0.6 is 0 Å². The minimum Gasteiger partial charge on any atom is -0.330 e. The maximum Gasteiger partial charge on any atom is 0.0360 e. The van der Waals surface area contributed by atoms with Crippen LogP contribution in [0.5, 0.6) is 0 Å². The van der Waals surface area contributed by atoms with Crippen LogP contribution in [0, 0.1) is 5.92 Å². The number of nitrogens with zero attached hydrogens (tertiary/aromatic N) is 2. The number of hydrogen-bond donors (Lipinski definition) is 1. The first-order valence-electron chi connectivity index (χ1n) is 7.29. The third-order valence-electron chi connectivity index (χ3n) is 4.33. The quantitative estimate of drug-likeness (QED) is 0.879. The second kappa shape index (κ2) is 6.51. The molecule has 0 aromatic heterocycles. The van der Waals surface area contributed by atoms with Crippen LogP contribution in [0.15, 0.2) is 30.3 Å². The summed E-state index contributed by atoms with van der Waals surface area (Å²) >= 11 is 0. The van der Waals surface area contributed by atoms with E-state index in [0.29, 0.717) is 12.1 Å². The lowest BCUT2D eigenvalue weighted by molar-refractivity contribution is 0.209. The largest absolute Gasteiger partial charge is 0.330 e. The Morgan fingerprint density at radius 3 is 2.47 bits per heavy atom. The van der Waals surface area contributed by atoms with E-state index in [-0.39, 0.29) is 0 Å². The molecule has 1 aromatic carbocycles. The summed E-state index contributed by atoms with van der Waals surface area (Å²) < 4.78 is 0. The van der Waals surface area contributed by atoms with Crippen LogP contribution in [-0.2, 0) is 0 Å². The highest BCUT2D eigenvalue weighted by Crippen LogP contribution is 2.31. The standard InChI is InChI=1S/C16H27N3/c1-13-11-19(12-16(13)18(2)3)15(9-10-17)14-7-5-4-6-8-14/h4-8,13,15-16H,9-12,17H2,1-3H3. The first-order chi connectivity index (χ1) is 9.13. The molecule has 0 radical (unpaired) electrons. The molecule has 1 heterocycles. The Labute approximate surface area is 117 Å². The van der Waals surface area contributed by atoms with E-state index >= 15 is 0 Å². The average Bonchev–Trinajstić information content (AvgIpc) is 2.79. The molecule has 0 aliphatic carbocycles. The van der Waals surface area contributed by atoms with Crippen molar-refractivity contribution in [2.24, 2.45) is 11.7 Å². The molecule has 2 rings (SSSR count). The summed E-state index contributed by atoms with van der Waals surface area (Å²) in [4.78, 5) is 4.96. The number of hydrogen-bond acceptors (Lipinski definition) is 3. The maximum absolute atomic E-state index is 5.83.